The van der Waals surface area contributed by atoms with Crippen LogP contribution in [0.4, 0.5) is 0 Å². The van der Waals surface area contributed by atoms with E-state index in [9.17, 15) is 4.79 Å². The Morgan fingerprint density at radius 2 is 1.72 bits per heavy atom. The average molecular weight is 429 g/mol. The maximum atomic E-state index is 11.1. The summed E-state index contributed by atoms with van der Waals surface area (Å²) in [6.07, 6.45) is 1.60. The van der Waals surface area contributed by atoms with E-state index in [0.717, 1.165) is 57.4 Å². The Morgan fingerprint density at radius 1 is 1.00 bits per heavy atom. The number of hydrogen-bond donors (Lipinski definition) is 2. The molecule has 0 aliphatic carbocycles. The van der Waals surface area contributed by atoms with Crippen molar-refractivity contribution in [3.63, 3.8) is 0 Å². The van der Waals surface area contributed by atoms with Gasteiger partial charge in [0.1, 0.15) is 12.4 Å². The van der Waals surface area contributed by atoms with Gasteiger partial charge in [0, 0.05) is 22.2 Å². The number of fused-ring (bicyclic) bond motifs is 1. The van der Waals surface area contributed by atoms with Crippen molar-refractivity contribution < 1.29 is 9.53 Å². The second kappa shape index (κ2) is 11.2. The molecule has 0 aliphatic heterocycles. The highest BCUT2D eigenvalue weighted by Gasteiger charge is 2.18. The molecule has 2 N–H and O–H groups in total. The molecule has 32 heavy (non-hydrogen) atoms. The number of ether oxygens (including phenoxy) is 1. The molecular formula is C28H32N2O2. The van der Waals surface area contributed by atoms with Gasteiger partial charge < -0.3 is 15.0 Å². The highest BCUT2D eigenvalue weighted by molar-refractivity contribution is 5.99. The van der Waals surface area contributed by atoms with E-state index in [0.29, 0.717) is 6.61 Å². The molecule has 4 rings (SSSR count). The molecule has 0 aliphatic rings. The first kappa shape index (κ1) is 23.1. The maximum absolute atomic E-state index is 11.1. The minimum Gasteiger partial charge on any atom is -0.489 e. The molecule has 0 spiro atoms. The predicted octanol–water partition coefficient (Wildman–Crippen LogP) is 6.95. The predicted molar refractivity (Wildman–Crippen MR) is 133 cm³/mol. The molecule has 0 saturated heterocycles. The summed E-state index contributed by atoms with van der Waals surface area (Å²) >= 11 is 0. The van der Waals surface area contributed by atoms with Crippen LogP contribution in [0.25, 0.3) is 22.0 Å². The van der Waals surface area contributed by atoms with E-state index in [-0.39, 0.29) is 6.04 Å². The van der Waals surface area contributed by atoms with Gasteiger partial charge in [0.25, 0.3) is 0 Å². The number of amides is 1. The number of aromatic amines is 1. The van der Waals surface area contributed by atoms with Crippen LogP contribution in [0.2, 0.25) is 0 Å². The van der Waals surface area contributed by atoms with Crippen molar-refractivity contribution in [1.82, 2.24) is 10.3 Å². The van der Waals surface area contributed by atoms with Crippen molar-refractivity contribution in [3.8, 4) is 16.9 Å². The van der Waals surface area contributed by atoms with Crippen LogP contribution in [0.3, 0.4) is 0 Å². The fourth-order valence-corrected chi connectivity index (χ4v) is 4.02. The lowest BCUT2D eigenvalue weighted by molar-refractivity contribution is -0.110. The minimum atomic E-state index is -0.0273. The third-order valence-corrected chi connectivity index (χ3v) is 5.49. The second-order valence-corrected chi connectivity index (χ2v) is 7.44. The first-order valence-electron chi connectivity index (χ1n) is 11.3. The van der Waals surface area contributed by atoms with Crippen molar-refractivity contribution >= 4 is 17.3 Å². The molecule has 4 heteroatoms. The molecular weight excluding hydrogens is 396 g/mol. The Bertz CT molecular complexity index is 1150. The van der Waals surface area contributed by atoms with Gasteiger partial charge in [-0.05, 0) is 48.2 Å². The summed E-state index contributed by atoms with van der Waals surface area (Å²) in [7, 11) is 0. The zero-order chi connectivity index (χ0) is 22.9. The van der Waals surface area contributed by atoms with Crippen LogP contribution in [-0.4, -0.2) is 11.4 Å². The van der Waals surface area contributed by atoms with Gasteiger partial charge in [-0.2, -0.15) is 0 Å². The normalized spacial score (nSPS) is 11.4. The summed E-state index contributed by atoms with van der Waals surface area (Å²) in [6, 6.07) is 24.6. The summed E-state index contributed by atoms with van der Waals surface area (Å²) in [4.78, 5) is 14.6. The molecule has 0 fully saturated rings. The topological polar surface area (TPSA) is 54.1 Å². The van der Waals surface area contributed by atoms with Crippen LogP contribution in [0.15, 0.2) is 72.8 Å². The molecule has 4 nitrogen and oxygen atoms in total. The van der Waals surface area contributed by atoms with Gasteiger partial charge in [-0.3, -0.25) is 4.79 Å². The van der Waals surface area contributed by atoms with Gasteiger partial charge >= 0.3 is 0 Å². The van der Waals surface area contributed by atoms with E-state index >= 15 is 0 Å². The number of aromatic nitrogens is 1. The van der Waals surface area contributed by atoms with E-state index in [1.54, 1.807) is 0 Å². The Labute approximate surface area is 190 Å². The number of carbonyl (C=O) groups excluding carboxylic acids is 1. The zero-order valence-corrected chi connectivity index (χ0v) is 19.3. The average Bonchev–Trinajstić information content (AvgIpc) is 3.18. The third kappa shape index (κ3) is 5.02. The Kier molecular flexibility index (Phi) is 8.09. The summed E-state index contributed by atoms with van der Waals surface area (Å²) in [6.45, 7) is 8.70. The largest absolute Gasteiger partial charge is 0.489 e. The van der Waals surface area contributed by atoms with Crippen molar-refractivity contribution in [2.75, 3.05) is 0 Å². The highest BCUT2D eigenvalue weighted by Crippen LogP contribution is 2.38. The molecule has 0 radical (unpaired) electrons. The molecule has 1 aromatic heterocycles. The standard InChI is InChI=1S/C26H26N2O2.C2H6/c1-3-24(27-17-29)21-11-7-8-12-22(21)26-18(2)28-25-14-13-20(15-23(25)26)30-16-19-9-5-4-6-10-19;1-2/h4-15,17,24,28H,3,16H2,1-2H3,(H,27,29);1-2H3. The number of H-pyrrole nitrogens is 1. The van der Waals surface area contributed by atoms with Crippen molar-refractivity contribution in [1.29, 1.82) is 0 Å². The number of rotatable bonds is 8. The van der Waals surface area contributed by atoms with E-state index < -0.39 is 0 Å². The fourth-order valence-electron chi connectivity index (χ4n) is 4.02. The van der Waals surface area contributed by atoms with Crippen LogP contribution in [-0.2, 0) is 11.4 Å². The number of benzene rings is 3. The van der Waals surface area contributed by atoms with E-state index in [1.165, 1.54) is 0 Å². The van der Waals surface area contributed by atoms with Gasteiger partial charge in [-0.25, -0.2) is 0 Å². The molecule has 166 valence electrons. The molecule has 0 saturated carbocycles. The van der Waals surface area contributed by atoms with E-state index in [4.69, 9.17) is 4.74 Å². The molecule has 1 amide bonds. The van der Waals surface area contributed by atoms with Gasteiger partial charge in [0.2, 0.25) is 6.41 Å². The zero-order valence-electron chi connectivity index (χ0n) is 19.3. The smallest absolute Gasteiger partial charge is 0.207 e. The lowest BCUT2D eigenvalue weighted by atomic mass is 9.92. The number of hydrogen-bond acceptors (Lipinski definition) is 2. The molecule has 3 aromatic carbocycles. The highest BCUT2D eigenvalue weighted by atomic mass is 16.5. The lowest BCUT2D eigenvalue weighted by Crippen LogP contribution is -2.19. The maximum Gasteiger partial charge on any atom is 0.207 e. The van der Waals surface area contributed by atoms with Crippen LogP contribution in [0.5, 0.6) is 5.75 Å². The molecule has 4 aromatic rings. The Balaban J connectivity index is 0.00000141. The third-order valence-electron chi connectivity index (χ3n) is 5.49. The summed E-state index contributed by atoms with van der Waals surface area (Å²) < 4.78 is 6.07. The van der Waals surface area contributed by atoms with Crippen LogP contribution in [0, 0.1) is 6.92 Å². The van der Waals surface area contributed by atoms with Crippen LogP contribution < -0.4 is 10.1 Å². The summed E-state index contributed by atoms with van der Waals surface area (Å²) in [5.74, 6) is 0.835. The minimum absolute atomic E-state index is 0.0273. The Morgan fingerprint density at radius 3 is 2.44 bits per heavy atom. The molecule has 0 bridgehead atoms. The summed E-state index contributed by atoms with van der Waals surface area (Å²) in [5, 5.41) is 4.07. The van der Waals surface area contributed by atoms with Crippen LogP contribution in [0.1, 0.15) is 50.1 Å². The summed E-state index contributed by atoms with van der Waals surface area (Å²) in [5.41, 5.74) is 6.70. The van der Waals surface area contributed by atoms with Gasteiger partial charge in [0.05, 0.1) is 6.04 Å². The van der Waals surface area contributed by atoms with Gasteiger partial charge in [-0.15, -0.1) is 0 Å². The quantitative estimate of drug-likeness (QED) is 0.299. The second-order valence-electron chi connectivity index (χ2n) is 7.44. The Hall–Kier alpha value is -3.53. The first-order chi connectivity index (χ1) is 15.7. The SMILES string of the molecule is CC.CCC(NC=O)c1ccccc1-c1c(C)[nH]c2ccc(OCc3ccccc3)cc12. The van der Waals surface area contributed by atoms with Crippen molar-refractivity contribution in [2.45, 2.75) is 46.8 Å². The number of aryl methyl sites for hydroxylation is 1. The monoisotopic (exact) mass is 428 g/mol. The van der Waals surface area contributed by atoms with Gasteiger partial charge in [0.15, 0.2) is 0 Å². The van der Waals surface area contributed by atoms with Crippen molar-refractivity contribution in [3.05, 3.63) is 89.6 Å². The molecule has 1 heterocycles. The van der Waals surface area contributed by atoms with Crippen molar-refractivity contribution in [2.24, 2.45) is 0 Å². The van der Waals surface area contributed by atoms with Gasteiger partial charge in [-0.1, -0.05) is 75.4 Å². The van der Waals surface area contributed by atoms with E-state index in [2.05, 4.69) is 60.5 Å². The van der Waals surface area contributed by atoms with E-state index in [1.807, 2.05) is 50.2 Å². The number of carbonyl (C=O) groups is 1. The lowest BCUT2D eigenvalue weighted by Gasteiger charge is -2.19. The molecule has 1 unspecified atom stereocenters. The van der Waals surface area contributed by atoms with Crippen LogP contribution >= 0.6 is 0 Å². The molecule has 1 atom stereocenters. The first-order valence-corrected chi connectivity index (χ1v) is 11.3. The number of nitrogens with one attached hydrogen (secondary N) is 2. The fraction of sp³-hybridized carbons (Fsp3) is 0.250.